The summed E-state index contributed by atoms with van der Waals surface area (Å²) < 4.78 is 38.6. The fourth-order valence-corrected chi connectivity index (χ4v) is 4.46. The van der Waals surface area contributed by atoms with E-state index in [-0.39, 0.29) is 17.8 Å². The van der Waals surface area contributed by atoms with Gasteiger partial charge in [-0.15, -0.1) is 0 Å². The first-order valence-electron chi connectivity index (χ1n) is 10.7. The molecule has 29 heavy (non-hydrogen) atoms. The summed E-state index contributed by atoms with van der Waals surface area (Å²) in [7, 11) is 0. The lowest BCUT2D eigenvalue weighted by molar-refractivity contribution is -0.141. The molecule has 6 heteroatoms. The highest BCUT2D eigenvalue weighted by molar-refractivity contribution is 5.75. The van der Waals surface area contributed by atoms with Crippen LogP contribution in [0.5, 0.6) is 5.75 Å². The van der Waals surface area contributed by atoms with Gasteiger partial charge in [-0.2, -0.15) is 5.26 Å². The van der Waals surface area contributed by atoms with Crippen molar-refractivity contribution in [2.24, 2.45) is 17.8 Å². The van der Waals surface area contributed by atoms with Crippen LogP contribution in [0, 0.1) is 40.7 Å². The van der Waals surface area contributed by atoms with Gasteiger partial charge in [0.25, 0.3) is 0 Å². The van der Waals surface area contributed by atoms with Gasteiger partial charge in [0.1, 0.15) is 29.0 Å². The van der Waals surface area contributed by atoms with Crippen molar-refractivity contribution in [3.05, 3.63) is 29.3 Å². The second-order valence-electron chi connectivity index (χ2n) is 8.40. The van der Waals surface area contributed by atoms with Crippen molar-refractivity contribution in [1.29, 1.82) is 5.26 Å². The summed E-state index contributed by atoms with van der Waals surface area (Å²) in [6.45, 7) is 3.07. The normalized spacial score (nSPS) is 27.2. The minimum Gasteiger partial charge on any atom is -0.426 e. The highest BCUT2D eigenvalue weighted by atomic mass is 19.1. The monoisotopic (exact) mass is 405 g/mol. The zero-order valence-electron chi connectivity index (χ0n) is 17.0. The van der Waals surface area contributed by atoms with Crippen LogP contribution in [-0.4, -0.2) is 18.7 Å². The number of esters is 1. The average Bonchev–Trinajstić information content (AvgIpc) is 2.73. The molecule has 158 valence electrons. The molecule has 0 amide bonds. The molecular weight excluding hydrogens is 376 g/mol. The minimum absolute atomic E-state index is 0.174. The van der Waals surface area contributed by atoms with E-state index in [0.29, 0.717) is 18.8 Å². The number of hydrogen-bond donors (Lipinski definition) is 0. The highest BCUT2D eigenvalue weighted by Crippen LogP contribution is 2.33. The maximum Gasteiger partial charge on any atom is 0.314 e. The summed E-state index contributed by atoms with van der Waals surface area (Å²) in [5.41, 5.74) is -0.675. The van der Waals surface area contributed by atoms with Gasteiger partial charge in [0.05, 0.1) is 12.0 Å². The molecule has 1 aromatic carbocycles. The Bertz CT molecular complexity index is 722. The van der Waals surface area contributed by atoms with Crippen LogP contribution >= 0.6 is 0 Å². The van der Waals surface area contributed by atoms with Crippen LogP contribution in [0.25, 0.3) is 0 Å². The molecule has 1 aromatic rings. The number of halogens is 2. The first kappa shape index (κ1) is 21.7. The number of nitriles is 1. The lowest BCUT2D eigenvalue weighted by Crippen LogP contribution is -2.30. The Labute approximate surface area is 171 Å². The van der Waals surface area contributed by atoms with Crippen molar-refractivity contribution in [3.63, 3.8) is 0 Å². The summed E-state index contributed by atoms with van der Waals surface area (Å²) in [5, 5.41) is 8.70. The zero-order chi connectivity index (χ0) is 20.8. The van der Waals surface area contributed by atoms with Gasteiger partial charge in [-0.3, -0.25) is 4.79 Å². The SMILES string of the molecule is CC[C@H]1CC[C@H](CO[C@H]2CC[C@H](C(=O)Oc3cc(F)c(C#N)c(F)c3)CC2)CC1. The molecule has 2 saturated carbocycles. The van der Waals surface area contributed by atoms with E-state index in [2.05, 4.69) is 6.92 Å². The van der Waals surface area contributed by atoms with Gasteiger partial charge in [-0.1, -0.05) is 26.2 Å². The van der Waals surface area contributed by atoms with Gasteiger partial charge >= 0.3 is 5.97 Å². The Morgan fingerprint density at radius 1 is 1.03 bits per heavy atom. The van der Waals surface area contributed by atoms with Crippen LogP contribution in [0.15, 0.2) is 12.1 Å². The van der Waals surface area contributed by atoms with E-state index in [0.717, 1.165) is 37.5 Å². The molecule has 0 N–H and O–H groups in total. The van der Waals surface area contributed by atoms with E-state index >= 15 is 0 Å². The van der Waals surface area contributed by atoms with Crippen LogP contribution in [0.3, 0.4) is 0 Å². The summed E-state index contributed by atoms with van der Waals surface area (Å²) in [6, 6.07) is 3.20. The molecule has 0 spiro atoms. The predicted molar refractivity (Wildman–Crippen MR) is 104 cm³/mol. The van der Waals surface area contributed by atoms with E-state index in [1.54, 1.807) is 0 Å². The topological polar surface area (TPSA) is 59.3 Å². The molecular formula is C23H29F2NO3. The number of carbonyl (C=O) groups is 1. The number of ether oxygens (including phenoxy) is 2. The van der Waals surface area contributed by atoms with E-state index < -0.39 is 23.2 Å². The predicted octanol–water partition coefficient (Wildman–Crippen LogP) is 5.53. The summed E-state index contributed by atoms with van der Waals surface area (Å²) >= 11 is 0. The third kappa shape index (κ3) is 5.76. The summed E-state index contributed by atoms with van der Waals surface area (Å²) in [6.07, 6.45) is 9.43. The van der Waals surface area contributed by atoms with Crippen LogP contribution < -0.4 is 4.74 Å². The molecule has 2 aliphatic carbocycles. The lowest BCUT2D eigenvalue weighted by atomic mass is 9.81. The number of hydrogen-bond acceptors (Lipinski definition) is 4. The van der Waals surface area contributed by atoms with Crippen LogP contribution in [0.2, 0.25) is 0 Å². The molecule has 0 bridgehead atoms. The van der Waals surface area contributed by atoms with Crippen LogP contribution in [-0.2, 0) is 9.53 Å². The second-order valence-corrected chi connectivity index (χ2v) is 8.40. The first-order valence-corrected chi connectivity index (χ1v) is 10.7. The number of rotatable bonds is 6. The van der Waals surface area contributed by atoms with E-state index in [4.69, 9.17) is 14.7 Å². The Balaban J connectivity index is 1.41. The Kier molecular flexibility index (Phi) is 7.60. The minimum atomic E-state index is -1.03. The third-order valence-corrected chi connectivity index (χ3v) is 6.46. The molecule has 0 unspecified atom stereocenters. The average molecular weight is 405 g/mol. The highest BCUT2D eigenvalue weighted by Gasteiger charge is 2.29. The largest absolute Gasteiger partial charge is 0.426 e. The van der Waals surface area contributed by atoms with E-state index in [1.165, 1.54) is 38.2 Å². The quantitative estimate of drug-likeness (QED) is 0.461. The van der Waals surface area contributed by atoms with Gasteiger partial charge in [0.2, 0.25) is 0 Å². The third-order valence-electron chi connectivity index (χ3n) is 6.46. The van der Waals surface area contributed by atoms with Gasteiger partial charge in [0, 0.05) is 18.7 Å². The molecule has 0 atom stereocenters. The number of benzene rings is 1. The molecule has 2 fully saturated rings. The van der Waals surface area contributed by atoms with Gasteiger partial charge < -0.3 is 9.47 Å². The fourth-order valence-electron chi connectivity index (χ4n) is 4.46. The maximum atomic E-state index is 13.7. The first-order chi connectivity index (χ1) is 14.0. The fraction of sp³-hybridized carbons (Fsp3) is 0.652. The van der Waals surface area contributed by atoms with Gasteiger partial charge in [-0.05, 0) is 50.4 Å². The van der Waals surface area contributed by atoms with Gasteiger partial charge in [-0.25, -0.2) is 8.78 Å². The smallest absolute Gasteiger partial charge is 0.314 e. The molecule has 0 aromatic heterocycles. The summed E-state index contributed by atoms with van der Waals surface area (Å²) in [5.74, 6) is -1.50. The second kappa shape index (κ2) is 10.2. The maximum absolute atomic E-state index is 13.7. The van der Waals surface area contributed by atoms with Crippen molar-refractivity contribution < 1.29 is 23.0 Å². The lowest BCUT2D eigenvalue weighted by Gasteiger charge is -2.31. The van der Waals surface area contributed by atoms with Crippen LogP contribution in [0.1, 0.15) is 70.3 Å². The molecule has 0 saturated heterocycles. The molecule has 2 aliphatic rings. The molecule has 0 aliphatic heterocycles. The molecule has 0 heterocycles. The Hall–Kier alpha value is -2.00. The number of carbonyl (C=O) groups excluding carboxylic acids is 1. The van der Waals surface area contributed by atoms with Crippen molar-refractivity contribution in [2.75, 3.05) is 6.61 Å². The van der Waals surface area contributed by atoms with Crippen molar-refractivity contribution in [1.82, 2.24) is 0 Å². The Morgan fingerprint density at radius 2 is 1.62 bits per heavy atom. The number of nitrogens with zero attached hydrogens (tertiary/aromatic N) is 1. The summed E-state index contributed by atoms with van der Waals surface area (Å²) in [4.78, 5) is 12.3. The van der Waals surface area contributed by atoms with Crippen LogP contribution in [0.4, 0.5) is 8.78 Å². The molecule has 0 radical (unpaired) electrons. The Morgan fingerprint density at radius 3 is 2.17 bits per heavy atom. The van der Waals surface area contributed by atoms with E-state index in [9.17, 15) is 13.6 Å². The van der Waals surface area contributed by atoms with E-state index in [1.807, 2.05) is 0 Å². The zero-order valence-corrected chi connectivity index (χ0v) is 17.0. The van der Waals surface area contributed by atoms with Crippen molar-refractivity contribution in [3.8, 4) is 11.8 Å². The van der Waals surface area contributed by atoms with Crippen molar-refractivity contribution >= 4 is 5.97 Å². The standard InChI is InChI=1S/C23H29F2NO3/c1-2-15-3-5-16(6-4-15)14-28-18-9-7-17(8-10-18)23(27)29-19-11-21(24)20(13-26)22(25)12-19/h11-12,15-18H,2-10,14H2,1H3/t15-,16-,17-,18-. The van der Waals surface area contributed by atoms with Gasteiger partial charge in [0.15, 0.2) is 0 Å². The molecule has 3 rings (SSSR count). The van der Waals surface area contributed by atoms with Crippen molar-refractivity contribution in [2.45, 2.75) is 70.8 Å². The molecule has 4 nitrogen and oxygen atoms in total.